The number of aromatic nitrogens is 1. The molecule has 0 radical (unpaired) electrons. The molecule has 1 aliphatic rings. The number of carbonyl (C=O) groups excluding carboxylic acids is 2. The van der Waals surface area contributed by atoms with Crippen LogP contribution in [0.25, 0.3) is 10.9 Å². The molecule has 144 valence electrons. The van der Waals surface area contributed by atoms with E-state index in [1.165, 1.54) is 0 Å². The van der Waals surface area contributed by atoms with Gasteiger partial charge in [-0.3, -0.25) is 9.59 Å². The lowest BCUT2D eigenvalue weighted by Gasteiger charge is -2.16. The summed E-state index contributed by atoms with van der Waals surface area (Å²) in [6, 6.07) is 13.4. The van der Waals surface area contributed by atoms with Crippen LogP contribution in [0.15, 0.2) is 48.7 Å². The summed E-state index contributed by atoms with van der Waals surface area (Å²) in [5, 5.41) is 4.68. The Kier molecular flexibility index (Phi) is 5.09. The molecule has 0 aliphatic carbocycles. The smallest absolute Gasteiger partial charge is 0.229 e. The minimum Gasteiger partial charge on any atom is -0.361 e. The van der Waals surface area contributed by atoms with E-state index < -0.39 is 0 Å². The Morgan fingerprint density at radius 1 is 1.25 bits per heavy atom. The number of benzene rings is 2. The number of halogens is 1. The van der Waals surface area contributed by atoms with Crippen LogP contribution in [0.1, 0.15) is 17.5 Å². The Morgan fingerprint density at radius 3 is 2.82 bits per heavy atom. The molecule has 2 N–H and O–H groups in total. The van der Waals surface area contributed by atoms with E-state index in [2.05, 4.69) is 10.3 Å². The first kappa shape index (κ1) is 18.6. The maximum absolute atomic E-state index is 12.5. The van der Waals surface area contributed by atoms with Gasteiger partial charge in [0.1, 0.15) is 0 Å². The Labute approximate surface area is 168 Å². The van der Waals surface area contributed by atoms with E-state index >= 15 is 0 Å². The number of aromatic amines is 1. The number of fused-ring (bicyclic) bond motifs is 1. The maximum Gasteiger partial charge on any atom is 0.229 e. The van der Waals surface area contributed by atoms with E-state index in [-0.39, 0.29) is 24.2 Å². The lowest BCUT2D eigenvalue weighted by molar-refractivity contribution is -0.128. The molecular formula is C22H22ClN3O2. The van der Waals surface area contributed by atoms with Gasteiger partial charge in [0.2, 0.25) is 11.8 Å². The number of likely N-dealkylation sites (tertiary alicyclic amines) is 1. The zero-order valence-electron chi connectivity index (χ0n) is 15.7. The lowest BCUT2D eigenvalue weighted by atomic mass is 10.1. The van der Waals surface area contributed by atoms with Crippen molar-refractivity contribution in [3.8, 4) is 0 Å². The van der Waals surface area contributed by atoms with Gasteiger partial charge in [-0.2, -0.15) is 0 Å². The first-order chi connectivity index (χ1) is 13.5. The number of hydrogen-bond donors (Lipinski definition) is 2. The minimum atomic E-state index is -0.314. The van der Waals surface area contributed by atoms with Gasteiger partial charge in [-0.15, -0.1) is 0 Å². The predicted molar refractivity (Wildman–Crippen MR) is 112 cm³/mol. The Balaban J connectivity index is 1.37. The van der Waals surface area contributed by atoms with Gasteiger partial charge < -0.3 is 15.2 Å². The third kappa shape index (κ3) is 3.90. The minimum absolute atomic E-state index is 0.0296. The summed E-state index contributed by atoms with van der Waals surface area (Å²) in [5.41, 5.74) is 4.05. The van der Waals surface area contributed by atoms with Crippen LogP contribution >= 0.6 is 11.6 Å². The van der Waals surface area contributed by atoms with E-state index in [0.717, 1.165) is 34.1 Å². The van der Waals surface area contributed by atoms with Crippen LogP contribution in [0.3, 0.4) is 0 Å². The Hall–Kier alpha value is -2.79. The molecule has 28 heavy (non-hydrogen) atoms. The van der Waals surface area contributed by atoms with E-state index in [4.69, 9.17) is 11.6 Å². The molecule has 1 aliphatic heterocycles. The molecule has 6 heteroatoms. The summed E-state index contributed by atoms with van der Waals surface area (Å²) in [6.45, 7) is 3.05. The van der Waals surface area contributed by atoms with Crippen LogP contribution in [0, 0.1) is 12.8 Å². The normalized spacial score (nSPS) is 16.7. The van der Waals surface area contributed by atoms with Crippen molar-refractivity contribution in [1.29, 1.82) is 0 Å². The van der Waals surface area contributed by atoms with E-state index in [9.17, 15) is 9.59 Å². The van der Waals surface area contributed by atoms with Gasteiger partial charge in [0.15, 0.2) is 0 Å². The molecule has 0 bridgehead atoms. The van der Waals surface area contributed by atoms with Gasteiger partial charge in [-0.25, -0.2) is 0 Å². The molecule has 0 unspecified atom stereocenters. The molecule has 5 nitrogen and oxygen atoms in total. The van der Waals surface area contributed by atoms with Gasteiger partial charge >= 0.3 is 0 Å². The number of carbonyl (C=O) groups is 2. The summed E-state index contributed by atoms with van der Waals surface area (Å²) in [5.74, 6) is -0.383. The molecular weight excluding hydrogens is 374 g/mol. The summed E-state index contributed by atoms with van der Waals surface area (Å²) in [7, 11) is 0. The molecule has 2 heterocycles. The molecule has 3 aromatic rings. The van der Waals surface area contributed by atoms with Gasteiger partial charge in [-0.1, -0.05) is 29.3 Å². The third-order valence-electron chi connectivity index (χ3n) is 5.28. The number of H-pyrrole nitrogens is 1. The summed E-state index contributed by atoms with van der Waals surface area (Å²) < 4.78 is 0. The van der Waals surface area contributed by atoms with Crippen LogP contribution in [-0.2, 0) is 16.0 Å². The molecule has 2 aromatic carbocycles. The number of hydrogen-bond acceptors (Lipinski definition) is 2. The van der Waals surface area contributed by atoms with Crippen molar-refractivity contribution in [3.05, 3.63) is 64.8 Å². The number of rotatable bonds is 5. The number of amides is 2. The van der Waals surface area contributed by atoms with Crippen molar-refractivity contribution in [2.45, 2.75) is 19.8 Å². The van der Waals surface area contributed by atoms with Crippen molar-refractivity contribution < 1.29 is 9.59 Å². The highest BCUT2D eigenvalue weighted by Crippen LogP contribution is 2.25. The van der Waals surface area contributed by atoms with Gasteiger partial charge in [0.25, 0.3) is 0 Å². The molecule has 1 fully saturated rings. The van der Waals surface area contributed by atoms with E-state index in [1.54, 1.807) is 4.90 Å². The fourth-order valence-corrected chi connectivity index (χ4v) is 3.83. The van der Waals surface area contributed by atoms with E-state index in [1.807, 2.05) is 55.6 Å². The summed E-state index contributed by atoms with van der Waals surface area (Å²) >= 11 is 6.10. The Morgan fingerprint density at radius 2 is 2.04 bits per heavy atom. The number of nitrogens with one attached hydrogen (secondary N) is 2. The zero-order valence-corrected chi connectivity index (χ0v) is 16.4. The van der Waals surface area contributed by atoms with Gasteiger partial charge in [0, 0.05) is 47.3 Å². The second kappa shape index (κ2) is 7.68. The topological polar surface area (TPSA) is 65.2 Å². The first-order valence-corrected chi connectivity index (χ1v) is 9.78. The number of aryl methyl sites for hydroxylation is 1. The van der Waals surface area contributed by atoms with Crippen molar-refractivity contribution >= 4 is 40.0 Å². The summed E-state index contributed by atoms with van der Waals surface area (Å²) in [4.78, 5) is 29.9. The molecule has 4 rings (SSSR count). The average Bonchev–Trinajstić information content (AvgIpc) is 3.25. The third-order valence-corrected chi connectivity index (χ3v) is 5.52. The second-order valence-electron chi connectivity index (χ2n) is 7.35. The van der Waals surface area contributed by atoms with Crippen LogP contribution in [-0.4, -0.2) is 34.8 Å². The lowest BCUT2D eigenvalue weighted by Crippen LogP contribution is -2.30. The molecule has 0 spiro atoms. The number of nitrogens with zero attached hydrogens (tertiary/aromatic N) is 1. The number of anilines is 1. The first-order valence-electron chi connectivity index (χ1n) is 9.40. The Bertz CT molecular complexity index is 1030. The maximum atomic E-state index is 12.5. The molecule has 1 atom stereocenters. The molecule has 0 saturated carbocycles. The van der Waals surface area contributed by atoms with Gasteiger partial charge in [-0.05, 0) is 49.2 Å². The molecule has 1 saturated heterocycles. The second-order valence-corrected chi connectivity index (χ2v) is 7.79. The zero-order chi connectivity index (χ0) is 19.7. The van der Waals surface area contributed by atoms with Crippen LogP contribution < -0.4 is 5.32 Å². The fourth-order valence-electron chi connectivity index (χ4n) is 3.66. The van der Waals surface area contributed by atoms with Crippen molar-refractivity contribution in [2.24, 2.45) is 5.92 Å². The van der Waals surface area contributed by atoms with Crippen molar-refractivity contribution in [1.82, 2.24) is 9.88 Å². The highest BCUT2D eigenvalue weighted by atomic mass is 35.5. The van der Waals surface area contributed by atoms with Crippen LogP contribution in [0.4, 0.5) is 5.69 Å². The monoisotopic (exact) mass is 395 g/mol. The van der Waals surface area contributed by atoms with Crippen molar-refractivity contribution in [2.75, 3.05) is 18.4 Å². The van der Waals surface area contributed by atoms with Crippen molar-refractivity contribution in [3.63, 3.8) is 0 Å². The standard InChI is InChI=1S/C22H22ClN3O2/c1-14-2-5-18(6-3-14)25-22(28)16-10-21(27)26(13-16)9-8-15-12-24-20-7-4-17(23)11-19(15)20/h2-7,11-12,16,24H,8-10,13H2,1H3,(H,25,28)/t16-/m1/s1. The fraction of sp³-hybridized carbons (Fsp3) is 0.273. The predicted octanol–water partition coefficient (Wildman–Crippen LogP) is 4.16. The average molecular weight is 396 g/mol. The molecule has 1 aromatic heterocycles. The van der Waals surface area contributed by atoms with E-state index in [0.29, 0.717) is 18.1 Å². The molecule has 2 amide bonds. The highest BCUT2D eigenvalue weighted by molar-refractivity contribution is 6.31. The van der Waals surface area contributed by atoms with Crippen LogP contribution in [0.5, 0.6) is 0 Å². The highest BCUT2D eigenvalue weighted by Gasteiger charge is 2.34. The van der Waals surface area contributed by atoms with Gasteiger partial charge in [0.05, 0.1) is 5.92 Å². The SMILES string of the molecule is Cc1ccc(NC(=O)[C@@H]2CC(=O)N(CCc3c[nH]c4ccc(Cl)cc34)C2)cc1. The van der Waals surface area contributed by atoms with Crippen LogP contribution in [0.2, 0.25) is 5.02 Å². The summed E-state index contributed by atoms with van der Waals surface area (Å²) in [6.07, 6.45) is 2.94. The largest absolute Gasteiger partial charge is 0.361 e. The quantitative estimate of drug-likeness (QED) is 0.681.